The molecule has 0 bridgehead atoms. The molecule has 0 spiro atoms. The summed E-state index contributed by atoms with van der Waals surface area (Å²) in [6, 6.07) is 0. The lowest BCUT2D eigenvalue weighted by Crippen LogP contribution is -2.56. The van der Waals surface area contributed by atoms with E-state index >= 15 is 0 Å². The van der Waals surface area contributed by atoms with Crippen molar-refractivity contribution in [1.82, 2.24) is 0 Å². The van der Waals surface area contributed by atoms with Gasteiger partial charge in [-0.3, -0.25) is 4.84 Å². The minimum Gasteiger partial charge on any atom is -0.298 e. The molecule has 2 nitrogen and oxygen atoms in total. The summed E-state index contributed by atoms with van der Waals surface area (Å²) in [5.74, 6) is 12.2. The van der Waals surface area contributed by atoms with Crippen molar-refractivity contribution >= 4 is 0 Å². The lowest BCUT2D eigenvalue weighted by molar-refractivity contribution is -0.164. The van der Waals surface area contributed by atoms with Gasteiger partial charge in [0.2, 0.25) is 0 Å². The summed E-state index contributed by atoms with van der Waals surface area (Å²) >= 11 is 0. The van der Waals surface area contributed by atoms with Crippen molar-refractivity contribution < 1.29 is 4.84 Å². The molecule has 9 atom stereocenters. The minimum atomic E-state index is -0.0793. The highest BCUT2D eigenvalue weighted by Gasteiger charge is 2.61. The van der Waals surface area contributed by atoms with Crippen molar-refractivity contribution in [2.24, 2.45) is 58.2 Å². The van der Waals surface area contributed by atoms with Gasteiger partial charge in [0, 0.05) is 0 Å². The first-order valence-corrected chi connectivity index (χ1v) is 13.5. The average Bonchev–Trinajstić information content (AvgIpc) is 3.05. The SMILES string of the molecule is CC(C)CCC[C@@H](C)[C@H]1CCC2C3CCC4C[C@@](C)(ON)CC[C@]4(C)C3CC[C@@]21C. The first-order chi connectivity index (χ1) is 14.1. The summed E-state index contributed by atoms with van der Waals surface area (Å²) in [6.45, 7) is 15.0. The van der Waals surface area contributed by atoms with Gasteiger partial charge in [-0.25, -0.2) is 5.90 Å². The highest BCUT2D eigenvalue weighted by atomic mass is 16.6. The first-order valence-electron chi connectivity index (χ1n) is 13.5. The van der Waals surface area contributed by atoms with Crippen LogP contribution in [0.2, 0.25) is 0 Å². The van der Waals surface area contributed by atoms with Crippen molar-refractivity contribution in [3.63, 3.8) is 0 Å². The van der Waals surface area contributed by atoms with Crippen LogP contribution in [0.4, 0.5) is 0 Å². The van der Waals surface area contributed by atoms with Crippen LogP contribution < -0.4 is 5.90 Å². The second-order valence-electron chi connectivity index (χ2n) is 13.5. The van der Waals surface area contributed by atoms with E-state index in [1.54, 1.807) is 0 Å². The fourth-order valence-corrected chi connectivity index (χ4v) is 9.55. The zero-order valence-corrected chi connectivity index (χ0v) is 21.0. The van der Waals surface area contributed by atoms with E-state index in [1.807, 2.05) is 0 Å². The maximum absolute atomic E-state index is 5.72. The van der Waals surface area contributed by atoms with Crippen molar-refractivity contribution in [3.8, 4) is 0 Å². The van der Waals surface area contributed by atoms with E-state index in [9.17, 15) is 0 Å². The Bertz CT molecular complexity index is 603. The summed E-state index contributed by atoms with van der Waals surface area (Å²) in [5, 5.41) is 0. The maximum atomic E-state index is 5.72. The predicted molar refractivity (Wildman–Crippen MR) is 127 cm³/mol. The Labute approximate surface area is 187 Å². The van der Waals surface area contributed by atoms with Gasteiger partial charge in [0.25, 0.3) is 0 Å². The van der Waals surface area contributed by atoms with Gasteiger partial charge in [-0.2, -0.15) is 0 Å². The molecular formula is C28H51NO. The lowest BCUT2D eigenvalue weighted by atomic mass is 9.43. The summed E-state index contributed by atoms with van der Waals surface area (Å²) in [5.41, 5.74) is 1.07. The third-order valence-electron chi connectivity index (χ3n) is 11.4. The third kappa shape index (κ3) is 3.81. The number of nitrogens with two attached hydrogens (primary N) is 1. The molecule has 30 heavy (non-hydrogen) atoms. The fraction of sp³-hybridized carbons (Fsp3) is 1.00. The number of fused-ring (bicyclic) bond motifs is 5. The number of hydrogen-bond acceptors (Lipinski definition) is 2. The largest absolute Gasteiger partial charge is 0.298 e. The molecule has 4 rings (SSSR count). The molecule has 0 heterocycles. The summed E-state index contributed by atoms with van der Waals surface area (Å²) in [6.07, 6.45) is 16.8. The molecule has 2 N–H and O–H groups in total. The van der Waals surface area contributed by atoms with E-state index in [0.717, 1.165) is 47.8 Å². The van der Waals surface area contributed by atoms with Gasteiger partial charge in [0.15, 0.2) is 0 Å². The van der Waals surface area contributed by atoms with Gasteiger partial charge < -0.3 is 0 Å². The van der Waals surface area contributed by atoms with Crippen LogP contribution in [0.5, 0.6) is 0 Å². The van der Waals surface area contributed by atoms with Crippen LogP contribution in [0, 0.1) is 52.3 Å². The molecule has 4 aliphatic carbocycles. The molecule has 0 radical (unpaired) electrons. The zero-order valence-electron chi connectivity index (χ0n) is 21.0. The Kier molecular flexibility index (Phi) is 6.44. The van der Waals surface area contributed by atoms with Crippen LogP contribution in [-0.2, 0) is 4.84 Å². The topological polar surface area (TPSA) is 35.2 Å². The summed E-state index contributed by atoms with van der Waals surface area (Å²) < 4.78 is 0. The number of rotatable bonds is 6. The second kappa shape index (κ2) is 8.36. The molecule has 0 aromatic heterocycles. The van der Waals surface area contributed by atoms with Crippen LogP contribution in [0.1, 0.15) is 119 Å². The van der Waals surface area contributed by atoms with Crippen molar-refractivity contribution in [1.29, 1.82) is 0 Å². The summed E-state index contributed by atoms with van der Waals surface area (Å²) in [4.78, 5) is 5.48. The van der Waals surface area contributed by atoms with Gasteiger partial charge in [-0.15, -0.1) is 0 Å². The Balaban J connectivity index is 1.46. The van der Waals surface area contributed by atoms with Crippen LogP contribution >= 0.6 is 0 Å². The van der Waals surface area contributed by atoms with E-state index in [2.05, 4.69) is 41.5 Å². The first kappa shape index (κ1) is 23.1. The van der Waals surface area contributed by atoms with Crippen LogP contribution in [0.3, 0.4) is 0 Å². The molecular weight excluding hydrogens is 366 g/mol. The van der Waals surface area contributed by atoms with E-state index in [4.69, 9.17) is 10.7 Å². The van der Waals surface area contributed by atoms with E-state index in [-0.39, 0.29) is 5.60 Å². The molecule has 4 aliphatic rings. The summed E-state index contributed by atoms with van der Waals surface area (Å²) in [7, 11) is 0. The highest BCUT2D eigenvalue weighted by Crippen LogP contribution is 2.69. The van der Waals surface area contributed by atoms with Crippen molar-refractivity contribution in [2.75, 3.05) is 0 Å². The lowest BCUT2D eigenvalue weighted by Gasteiger charge is -2.62. The van der Waals surface area contributed by atoms with Crippen LogP contribution in [-0.4, -0.2) is 5.60 Å². The average molecular weight is 418 g/mol. The van der Waals surface area contributed by atoms with Crippen LogP contribution in [0.15, 0.2) is 0 Å². The second-order valence-corrected chi connectivity index (χ2v) is 13.5. The standard InChI is InChI=1S/C28H51NO/c1-19(2)8-7-9-20(3)23-12-13-24-22-11-10-21-18-26(4,30-29)16-17-27(21,5)25(22)14-15-28(23,24)6/h19-25H,7-18,29H2,1-6H3/t20-,21?,22?,23-,24?,25?,26+,27+,28-/m1/s1. The molecule has 2 heteroatoms. The van der Waals surface area contributed by atoms with Crippen LogP contribution in [0.25, 0.3) is 0 Å². The Morgan fingerprint density at radius 2 is 1.57 bits per heavy atom. The van der Waals surface area contributed by atoms with Gasteiger partial charge >= 0.3 is 0 Å². The molecule has 0 amide bonds. The molecule has 0 aromatic rings. The monoisotopic (exact) mass is 417 g/mol. The smallest absolute Gasteiger partial charge is 0.0869 e. The highest BCUT2D eigenvalue weighted by molar-refractivity contribution is 5.10. The zero-order chi connectivity index (χ0) is 21.7. The van der Waals surface area contributed by atoms with Gasteiger partial charge in [0.05, 0.1) is 5.60 Å². The molecule has 4 saturated carbocycles. The van der Waals surface area contributed by atoms with Gasteiger partial charge in [-0.05, 0) is 117 Å². The molecule has 0 aromatic carbocycles. The van der Waals surface area contributed by atoms with E-state index in [0.29, 0.717) is 10.8 Å². The van der Waals surface area contributed by atoms with E-state index in [1.165, 1.54) is 70.6 Å². The van der Waals surface area contributed by atoms with Gasteiger partial charge in [-0.1, -0.05) is 53.9 Å². The fourth-order valence-electron chi connectivity index (χ4n) is 9.55. The Morgan fingerprint density at radius 1 is 0.833 bits per heavy atom. The molecule has 174 valence electrons. The third-order valence-corrected chi connectivity index (χ3v) is 11.4. The molecule has 4 fully saturated rings. The Hall–Kier alpha value is -0.0800. The van der Waals surface area contributed by atoms with Crippen molar-refractivity contribution in [3.05, 3.63) is 0 Å². The van der Waals surface area contributed by atoms with Gasteiger partial charge in [0.1, 0.15) is 0 Å². The quantitative estimate of drug-likeness (QED) is 0.448. The van der Waals surface area contributed by atoms with E-state index < -0.39 is 0 Å². The Morgan fingerprint density at radius 3 is 2.27 bits per heavy atom. The minimum absolute atomic E-state index is 0.0793. The normalized spacial score (nSPS) is 49.4. The molecule has 4 unspecified atom stereocenters. The molecule has 0 aliphatic heterocycles. The number of hydrogen-bond donors (Lipinski definition) is 1. The maximum Gasteiger partial charge on any atom is 0.0869 e. The predicted octanol–water partition coefficient (Wildman–Crippen LogP) is 7.76. The molecule has 0 saturated heterocycles. The van der Waals surface area contributed by atoms with Crippen molar-refractivity contribution in [2.45, 2.75) is 124 Å².